The van der Waals surface area contributed by atoms with Crippen LogP contribution >= 0.6 is 24.8 Å². The van der Waals surface area contributed by atoms with Crippen LogP contribution in [0.4, 0.5) is 0 Å². The van der Waals surface area contributed by atoms with Gasteiger partial charge in [-0.25, -0.2) is 0 Å². The maximum absolute atomic E-state index is 6.11. The topological polar surface area (TPSA) is 103 Å². The number of amidine groups is 2. The quantitative estimate of drug-likeness (QED) is 0.237. The number of rotatable bonds is 7. The van der Waals surface area contributed by atoms with E-state index in [0.717, 1.165) is 57.4 Å². The highest BCUT2D eigenvalue weighted by Gasteiger charge is 2.10. The Morgan fingerprint density at radius 2 is 1.06 bits per heavy atom. The Balaban J connectivity index is 0.00000204. The smallest absolute Gasteiger partial charge is 0.134 e. The van der Waals surface area contributed by atoms with Crippen LogP contribution in [0.3, 0.4) is 0 Å². The summed E-state index contributed by atoms with van der Waals surface area (Å²) >= 11 is 0. The molecule has 0 aliphatic heterocycles. The monoisotopic (exact) mass is 502 g/mol. The fourth-order valence-electron chi connectivity index (χ4n) is 3.71. The van der Waals surface area contributed by atoms with Crippen LogP contribution in [0.2, 0.25) is 0 Å². The van der Waals surface area contributed by atoms with Gasteiger partial charge in [0, 0.05) is 46.8 Å². The van der Waals surface area contributed by atoms with Gasteiger partial charge in [-0.15, -0.1) is 24.8 Å². The van der Waals surface area contributed by atoms with Crippen LogP contribution in [0.1, 0.15) is 50.3 Å². The molecule has 0 amide bonds. The van der Waals surface area contributed by atoms with Gasteiger partial charge in [-0.3, -0.25) is 9.98 Å². The van der Waals surface area contributed by atoms with E-state index in [-0.39, 0.29) is 36.9 Å². The number of halogens is 2. The van der Waals surface area contributed by atoms with Gasteiger partial charge < -0.3 is 20.3 Å². The number of hydrogen-bond acceptors (Lipinski definition) is 4. The van der Waals surface area contributed by atoms with Gasteiger partial charge in [0.05, 0.1) is 0 Å². The first kappa shape index (κ1) is 27.3. The largest absolute Gasteiger partial charge is 0.461 e. The third-order valence-corrected chi connectivity index (χ3v) is 5.14. The lowest BCUT2D eigenvalue weighted by Crippen LogP contribution is -2.15. The van der Waals surface area contributed by atoms with Crippen LogP contribution in [0.15, 0.2) is 67.4 Å². The Bertz CT molecular complexity index is 1220. The number of aryl methyl sites for hydroxylation is 2. The average Bonchev–Trinajstić information content (AvgIpc) is 3.33. The van der Waals surface area contributed by atoms with E-state index in [9.17, 15) is 0 Å². The highest BCUT2D eigenvalue weighted by Crippen LogP contribution is 2.25. The summed E-state index contributed by atoms with van der Waals surface area (Å²) in [5.74, 6) is 2.91. The number of nitrogens with zero attached hydrogens (tertiary/aromatic N) is 2. The molecular formula is C26H32Cl2N4O2. The fourth-order valence-corrected chi connectivity index (χ4v) is 3.71. The van der Waals surface area contributed by atoms with Gasteiger partial charge in [0.25, 0.3) is 0 Å². The predicted octanol–water partition coefficient (Wildman–Crippen LogP) is 6.04. The lowest BCUT2D eigenvalue weighted by molar-refractivity contribution is 0.510. The Kier molecular flexibility index (Phi) is 9.19. The van der Waals surface area contributed by atoms with E-state index in [2.05, 4.69) is 22.1 Å². The molecule has 34 heavy (non-hydrogen) atoms. The van der Waals surface area contributed by atoms with E-state index in [1.165, 1.54) is 0 Å². The minimum atomic E-state index is 0. The van der Waals surface area contributed by atoms with Crippen molar-refractivity contribution < 1.29 is 8.83 Å². The van der Waals surface area contributed by atoms with Crippen molar-refractivity contribution in [2.75, 3.05) is 0 Å². The molecule has 2 aromatic heterocycles. The Morgan fingerprint density at radius 1 is 0.676 bits per heavy atom. The first-order chi connectivity index (χ1) is 15.3. The Labute approximate surface area is 212 Å². The molecule has 0 unspecified atom stereocenters. The van der Waals surface area contributed by atoms with E-state index in [0.29, 0.717) is 11.7 Å². The lowest BCUT2D eigenvalue weighted by atomic mass is 10.1. The molecule has 0 atom stereocenters. The average molecular weight is 503 g/mol. The van der Waals surface area contributed by atoms with Gasteiger partial charge in [0.1, 0.15) is 34.4 Å². The van der Waals surface area contributed by atoms with Gasteiger partial charge in [-0.2, -0.15) is 0 Å². The first-order valence-corrected chi connectivity index (χ1v) is 11.0. The summed E-state index contributed by atoms with van der Waals surface area (Å²) in [6.07, 6.45) is 1.48. The maximum atomic E-state index is 6.11. The number of aliphatic imine (C=N–C) groups is 2. The van der Waals surface area contributed by atoms with Crippen LogP contribution in [0.25, 0.3) is 21.9 Å². The zero-order valence-corrected chi connectivity index (χ0v) is 21.5. The number of benzene rings is 2. The summed E-state index contributed by atoms with van der Waals surface area (Å²) in [6.45, 7) is 8.03. The SMILES string of the molecule is CC(C)N=C(N)c1ccc2oc(CCc3cc4cc(C(N)=NC(C)C)ccc4o3)cc2c1.Cl.Cl. The molecule has 0 bridgehead atoms. The Morgan fingerprint density at radius 3 is 1.41 bits per heavy atom. The van der Waals surface area contributed by atoms with Crippen LogP contribution in [-0.2, 0) is 12.8 Å². The van der Waals surface area contributed by atoms with Crippen molar-refractivity contribution in [2.24, 2.45) is 21.5 Å². The van der Waals surface area contributed by atoms with Crippen molar-refractivity contribution in [3.05, 3.63) is 71.2 Å². The molecule has 2 heterocycles. The number of furan rings is 2. The molecule has 0 spiro atoms. The summed E-state index contributed by atoms with van der Waals surface area (Å²) < 4.78 is 12.0. The zero-order chi connectivity index (χ0) is 22.8. The van der Waals surface area contributed by atoms with Crippen molar-refractivity contribution >= 4 is 58.4 Å². The van der Waals surface area contributed by atoms with Gasteiger partial charge in [0.15, 0.2) is 0 Å². The molecule has 8 heteroatoms. The van der Waals surface area contributed by atoms with Gasteiger partial charge in [0.2, 0.25) is 0 Å². The molecule has 2 aromatic carbocycles. The molecule has 4 aromatic rings. The van der Waals surface area contributed by atoms with Crippen LogP contribution in [-0.4, -0.2) is 23.8 Å². The van der Waals surface area contributed by atoms with E-state index >= 15 is 0 Å². The molecule has 0 saturated heterocycles. The van der Waals surface area contributed by atoms with Gasteiger partial charge in [-0.05, 0) is 76.2 Å². The van der Waals surface area contributed by atoms with E-state index in [4.69, 9.17) is 20.3 Å². The molecular weight excluding hydrogens is 471 g/mol. The molecule has 0 saturated carbocycles. The normalized spacial score (nSPS) is 12.4. The molecule has 0 radical (unpaired) electrons. The zero-order valence-electron chi connectivity index (χ0n) is 19.9. The van der Waals surface area contributed by atoms with Crippen molar-refractivity contribution in [3.8, 4) is 0 Å². The van der Waals surface area contributed by atoms with E-state index < -0.39 is 0 Å². The second-order valence-electron chi connectivity index (χ2n) is 8.65. The number of fused-ring (bicyclic) bond motifs is 2. The third-order valence-electron chi connectivity index (χ3n) is 5.14. The Hall–Kier alpha value is -2.96. The minimum Gasteiger partial charge on any atom is -0.461 e. The maximum Gasteiger partial charge on any atom is 0.134 e. The molecule has 182 valence electrons. The second-order valence-corrected chi connectivity index (χ2v) is 8.65. The van der Waals surface area contributed by atoms with Crippen LogP contribution in [0.5, 0.6) is 0 Å². The van der Waals surface area contributed by atoms with Crippen molar-refractivity contribution in [1.29, 1.82) is 0 Å². The minimum absolute atomic E-state index is 0. The highest BCUT2D eigenvalue weighted by atomic mass is 35.5. The predicted molar refractivity (Wildman–Crippen MR) is 146 cm³/mol. The summed E-state index contributed by atoms with van der Waals surface area (Å²) in [7, 11) is 0. The molecule has 4 rings (SSSR count). The summed E-state index contributed by atoms with van der Waals surface area (Å²) in [4.78, 5) is 8.85. The molecule has 4 N–H and O–H groups in total. The first-order valence-electron chi connectivity index (χ1n) is 11.0. The van der Waals surface area contributed by atoms with Gasteiger partial charge >= 0.3 is 0 Å². The third kappa shape index (κ3) is 6.33. The summed E-state index contributed by atoms with van der Waals surface area (Å²) in [5, 5.41) is 2.04. The lowest BCUT2D eigenvalue weighted by Gasteiger charge is -2.03. The van der Waals surface area contributed by atoms with Crippen molar-refractivity contribution in [3.63, 3.8) is 0 Å². The van der Waals surface area contributed by atoms with Crippen molar-refractivity contribution in [2.45, 2.75) is 52.6 Å². The molecule has 0 fully saturated rings. The summed E-state index contributed by atoms with van der Waals surface area (Å²) in [5.41, 5.74) is 15.7. The molecule has 6 nitrogen and oxygen atoms in total. The highest BCUT2D eigenvalue weighted by molar-refractivity contribution is 6.01. The number of nitrogens with two attached hydrogens (primary N) is 2. The molecule has 0 aliphatic rings. The van der Waals surface area contributed by atoms with Gasteiger partial charge in [-0.1, -0.05) is 0 Å². The van der Waals surface area contributed by atoms with Crippen LogP contribution < -0.4 is 11.5 Å². The van der Waals surface area contributed by atoms with E-state index in [1.807, 2.05) is 64.1 Å². The second kappa shape index (κ2) is 11.4. The van der Waals surface area contributed by atoms with Crippen LogP contribution in [0, 0.1) is 0 Å². The standard InChI is InChI=1S/C26H30N4O2.2ClH/c1-15(2)29-25(27)17-5-9-23-19(11-17)13-21(31-23)7-8-22-14-20-12-18(6-10-24(20)32-22)26(28)30-16(3)4;;/h5-6,9-16H,7-8H2,1-4H3,(H2,27,29)(H2,28,30);2*1H. The summed E-state index contributed by atoms with van der Waals surface area (Å²) in [6, 6.07) is 16.3. The van der Waals surface area contributed by atoms with E-state index in [1.54, 1.807) is 0 Å². The fraction of sp³-hybridized carbons (Fsp3) is 0.308. The number of hydrogen-bond donors (Lipinski definition) is 2. The molecule has 0 aliphatic carbocycles. The van der Waals surface area contributed by atoms with Crippen molar-refractivity contribution in [1.82, 2.24) is 0 Å².